The monoisotopic (exact) mass is 313 g/mol. The van der Waals surface area contributed by atoms with E-state index in [-0.39, 0.29) is 31.0 Å². The number of esters is 1. The number of hydrogen-bond acceptors (Lipinski definition) is 6. The summed E-state index contributed by atoms with van der Waals surface area (Å²) in [4.78, 5) is 27.1. The van der Waals surface area contributed by atoms with Crippen molar-refractivity contribution < 1.29 is 28.9 Å². The molecule has 4 atom stereocenters. The fraction of sp³-hybridized carbons (Fsp3) is 0.867. The molecule has 1 amide bonds. The number of fused-ring (bicyclic) bond motifs is 3. The molecule has 0 aliphatic carbocycles. The van der Waals surface area contributed by atoms with Crippen LogP contribution in [0.15, 0.2) is 0 Å². The van der Waals surface area contributed by atoms with Crippen LogP contribution < -0.4 is 0 Å². The maximum absolute atomic E-state index is 13.0. The van der Waals surface area contributed by atoms with Crippen molar-refractivity contribution in [3.05, 3.63) is 0 Å². The van der Waals surface area contributed by atoms with Crippen molar-refractivity contribution in [2.24, 2.45) is 5.41 Å². The van der Waals surface area contributed by atoms with Gasteiger partial charge >= 0.3 is 5.97 Å². The number of rotatable bonds is 3. The lowest BCUT2D eigenvalue weighted by Crippen LogP contribution is -2.62. The van der Waals surface area contributed by atoms with Crippen LogP contribution in [0.2, 0.25) is 0 Å². The molecule has 0 saturated carbocycles. The minimum atomic E-state index is -1.29. The van der Waals surface area contributed by atoms with E-state index in [1.165, 1.54) is 12.0 Å². The first-order valence-corrected chi connectivity index (χ1v) is 7.47. The normalized spacial score (nSPS) is 43.1. The van der Waals surface area contributed by atoms with E-state index in [2.05, 4.69) is 0 Å². The average Bonchev–Trinajstić information content (AvgIpc) is 2.82. The quantitative estimate of drug-likeness (QED) is 0.585. The molecular formula is C15H23NO6. The minimum Gasteiger partial charge on any atom is -0.467 e. The third-order valence-corrected chi connectivity index (χ3v) is 5.28. The highest BCUT2D eigenvalue weighted by molar-refractivity contribution is 6.04. The Morgan fingerprint density at radius 2 is 2.14 bits per heavy atom. The molecule has 0 radical (unpaired) electrons. The van der Waals surface area contributed by atoms with Crippen LogP contribution in [0.1, 0.15) is 34.1 Å². The predicted octanol–water partition coefficient (Wildman–Crippen LogP) is 0.0529. The van der Waals surface area contributed by atoms with Gasteiger partial charge in [0.1, 0.15) is 11.8 Å². The van der Waals surface area contributed by atoms with Gasteiger partial charge in [0, 0.05) is 18.4 Å². The van der Waals surface area contributed by atoms with Gasteiger partial charge in [-0.15, -0.1) is 0 Å². The van der Waals surface area contributed by atoms with E-state index in [4.69, 9.17) is 14.2 Å². The van der Waals surface area contributed by atoms with Gasteiger partial charge in [-0.2, -0.15) is 0 Å². The number of carbonyl (C=O) groups is 2. The Balaban J connectivity index is 2.13. The van der Waals surface area contributed by atoms with Gasteiger partial charge < -0.3 is 19.3 Å². The number of epoxide rings is 1. The summed E-state index contributed by atoms with van der Waals surface area (Å²) in [6.07, 6.45) is -0.378. The highest BCUT2D eigenvalue weighted by atomic mass is 16.7. The smallest absolute Gasteiger partial charge is 0.337 e. The molecule has 7 nitrogen and oxygen atoms in total. The van der Waals surface area contributed by atoms with Crippen molar-refractivity contribution in [3.8, 4) is 0 Å². The van der Waals surface area contributed by atoms with Crippen molar-refractivity contribution in [1.82, 2.24) is 4.90 Å². The maximum atomic E-state index is 13.0. The standard InChI is InChI=1S/C15H23NO6/c1-12(2,3)10-16-9(18)15(6-7-17)13(4,22-15)14(16,8-21-10)11(19)20-5/h10,17H,6-8H2,1-5H3/t10-,13+,14-,15-/m0/s1. The molecule has 0 spiro atoms. The van der Waals surface area contributed by atoms with Gasteiger partial charge in [-0.25, -0.2) is 4.79 Å². The zero-order chi connectivity index (χ0) is 16.6. The fourth-order valence-corrected chi connectivity index (χ4v) is 4.09. The molecule has 7 heteroatoms. The van der Waals surface area contributed by atoms with Gasteiger partial charge in [0.05, 0.1) is 13.7 Å². The Morgan fingerprint density at radius 1 is 1.50 bits per heavy atom. The van der Waals surface area contributed by atoms with Gasteiger partial charge in [0.25, 0.3) is 5.91 Å². The number of ether oxygens (including phenoxy) is 3. The van der Waals surface area contributed by atoms with Crippen LogP contribution in [0, 0.1) is 5.41 Å². The van der Waals surface area contributed by atoms with E-state index in [0.29, 0.717) is 0 Å². The number of aliphatic hydroxyl groups is 1. The number of aliphatic hydroxyl groups excluding tert-OH is 1. The molecule has 3 heterocycles. The molecule has 124 valence electrons. The molecule has 0 aromatic rings. The van der Waals surface area contributed by atoms with Crippen LogP contribution in [0.5, 0.6) is 0 Å². The lowest BCUT2D eigenvalue weighted by molar-refractivity contribution is -0.168. The summed E-state index contributed by atoms with van der Waals surface area (Å²) < 4.78 is 16.6. The lowest BCUT2D eigenvalue weighted by Gasteiger charge is -2.39. The Hall–Kier alpha value is -1.18. The molecule has 0 bridgehead atoms. The van der Waals surface area contributed by atoms with E-state index in [1.54, 1.807) is 6.92 Å². The molecule has 1 N–H and O–H groups in total. The number of carbonyl (C=O) groups excluding carboxylic acids is 2. The zero-order valence-corrected chi connectivity index (χ0v) is 13.6. The Labute approximate surface area is 129 Å². The largest absolute Gasteiger partial charge is 0.467 e. The van der Waals surface area contributed by atoms with E-state index in [9.17, 15) is 14.7 Å². The van der Waals surface area contributed by atoms with E-state index in [1.807, 2.05) is 20.8 Å². The Morgan fingerprint density at radius 3 is 2.64 bits per heavy atom. The van der Waals surface area contributed by atoms with Crippen LogP contribution in [-0.2, 0) is 23.8 Å². The minimum absolute atomic E-state index is 0.0387. The first-order valence-electron chi connectivity index (χ1n) is 7.47. The van der Waals surface area contributed by atoms with E-state index >= 15 is 0 Å². The van der Waals surface area contributed by atoms with E-state index in [0.717, 1.165) is 0 Å². The van der Waals surface area contributed by atoms with Crippen molar-refractivity contribution in [3.63, 3.8) is 0 Å². The highest BCUT2D eigenvalue weighted by Gasteiger charge is 2.92. The second kappa shape index (κ2) is 4.21. The topological polar surface area (TPSA) is 88.6 Å². The second-order valence-corrected chi connectivity index (χ2v) is 7.49. The van der Waals surface area contributed by atoms with Crippen LogP contribution in [0.25, 0.3) is 0 Å². The Kier molecular flexibility index (Phi) is 3.01. The fourth-order valence-electron chi connectivity index (χ4n) is 4.09. The van der Waals surface area contributed by atoms with Crippen molar-refractivity contribution >= 4 is 11.9 Å². The summed E-state index contributed by atoms with van der Waals surface area (Å²) in [6.45, 7) is 7.43. The number of nitrogens with zero attached hydrogens (tertiary/aromatic N) is 1. The van der Waals surface area contributed by atoms with Crippen LogP contribution >= 0.6 is 0 Å². The summed E-state index contributed by atoms with van der Waals surface area (Å²) in [7, 11) is 1.29. The molecule has 3 saturated heterocycles. The molecule has 3 aliphatic heterocycles. The summed E-state index contributed by atoms with van der Waals surface area (Å²) in [5.41, 5.74) is -3.83. The first kappa shape index (κ1) is 15.7. The number of amides is 1. The number of morpholine rings is 1. The summed E-state index contributed by atoms with van der Waals surface area (Å²) >= 11 is 0. The molecule has 22 heavy (non-hydrogen) atoms. The highest BCUT2D eigenvalue weighted by Crippen LogP contribution is 2.67. The lowest BCUT2D eigenvalue weighted by atomic mass is 9.80. The molecule has 0 aromatic heterocycles. The molecule has 3 aliphatic rings. The van der Waals surface area contributed by atoms with Gasteiger partial charge in [-0.05, 0) is 6.92 Å². The van der Waals surface area contributed by atoms with Crippen molar-refractivity contribution in [2.75, 3.05) is 20.3 Å². The van der Waals surface area contributed by atoms with Crippen molar-refractivity contribution in [1.29, 1.82) is 0 Å². The van der Waals surface area contributed by atoms with Gasteiger partial charge in [0.15, 0.2) is 11.1 Å². The van der Waals surface area contributed by atoms with Crippen LogP contribution in [-0.4, -0.2) is 65.2 Å². The molecule has 0 unspecified atom stereocenters. The SMILES string of the molecule is COC(=O)[C@]12CO[C@@H](C(C)(C)C)N1C(=O)[C@]1(CCO)O[C@@]12C. The number of hydrogen-bond donors (Lipinski definition) is 1. The number of methoxy groups -OCH3 is 1. The second-order valence-electron chi connectivity index (χ2n) is 7.49. The summed E-state index contributed by atoms with van der Waals surface area (Å²) in [5, 5.41) is 9.32. The molecule has 3 fully saturated rings. The van der Waals surface area contributed by atoms with Gasteiger partial charge in [-0.1, -0.05) is 20.8 Å². The first-order chi connectivity index (χ1) is 10.1. The third-order valence-electron chi connectivity index (χ3n) is 5.28. The maximum Gasteiger partial charge on any atom is 0.337 e. The van der Waals surface area contributed by atoms with Crippen LogP contribution in [0.4, 0.5) is 0 Å². The zero-order valence-electron chi connectivity index (χ0n) is 13.6. The average molecular weight is 313 g/mol. The predicted molar refractivity (Wildman–Crippen MR) is 74.7 cm³/mol. The molecule has 3 rings (SSSR count). The summed E-state index contributed by atoms with van der Waals surface area (Å²) in [6, 6.07) is 0. The van der Waals surface area contributed by atoms with Crippen LogP contribution in [0.3, 0.4) is 0 Å². The van der Waals surface area contributed by atoms with Crippen molar-refractivity contribution in [2.45, 2.75) is 57.1 Å². The van der Waals surface area contributed by atoms with Gasteiger partial charge in [0.2, 0.25) is 0 Å². The Bertz CT molecular complexity index is 543. The van der Waals surface area contributed by atoms with Gasteiger partial charge in [-0.3, -0.25) is 9.69 Å². The summed E-state index contributed by atoms with van der Waals surface area (Å²) in [5.74, 6) is -0.834. The molecule has 0 aromatic carbocycles. The third kappa shape index (κ3) is 1.42. The van der Waals surface area contributed by atoms with E-state index < -0.39 is 28.9 Å². The molecular weight excluding hydrogens is 290 g/mol.